The van der Waals surface area contributed by atoms with Gasteiger partial charge in [0.25, 0.3) is 5.91 Å². The van der Waals surface area contributed by atoms with Crippen molar-refractivity contribution in [1.82, 2.24) is 5.32 Å². The van der Waals surface area contributed by atoms with Gasteiger partial charge in [-0.3, -0.25) is 4.79 Å². The molecule has 0 aliphatic heterocycles. The molecule has 1 aromatic carbocycles. The van der Waals surface area contributed by atoms with E-state index in [-0.39, 0.29) is 5.91 Å². The molecule has 25 heavy (non-hydrogen) atoms. The largest absolute Gasteiger partial charge is 0.490 e. The minimum absolute atomic E-state index is 0.00951. The van der Waals surface area contributed by atoms with E-state index in [1.807, 2.05) is 67.9 Å². The van der Waals surface area contributed by atoms with Crippen LogP contribution >= 0.6 is 0 Å². The van der Waals surface area contributed by atoms with Crippen molar-refractivity contribution in [3.63, 3.8) is 0 Å². The number of carbonyl (C=O) groups is 1. The highest BCUT2D eigenvalue weighted by molar-refractivity contribution is 5.74. The van der Waals surface area contributed by atoms with Crippen LogP contribution in [0.15, 0.2) is 42.6 Å². The number of pyridine rings is 1. The van der Waals surface area contributed by atoms with Gasteiger partial charge in [-0.15, -0.1) is 0 Å². The van der Waals surface area contributed by atoms with Crippen LogP contribution in [0.25, 0.3) is 0 Å². The summed E-state index contributed by atoms with van der Waals surface area (Å²) in [5, 5.41) is 2.97. The average Bonchev–Trinajstić information content (AvgIpc) is 2.59. The Balaban J connectivity index is 1.87. The lowest BCUT2D eigenvalue weighted by atomic mass is 10.1. The number of amides is 1. The summed E-state index contributed by atoms with van der Waals surface area (Å²) in [6.07, 6.45) is 2.66. The van der Waals surface area contributed by atoms with E-state index in [9.17, 15) is 4.79 Å². The van der Waals surface area contributed by atoms with E-state index in [0.717, 1.165) is 29.2 Å². The van der Waals surface area contributed by atoms with Gasteiger partial charge in [0.15, 0.2) is 23.4 Å². The summed E-state index contributed by atoms with van der Waals surface area (Å²) in [5.74, 6) is 1.52. The summed E-state index contributed by atoms with van der Waals surface area (Å²) in [4.78, 5) is 12.1. The summed E-state index contributed by atoms with van der Waals surface area (Å²) in [6.45, 7) is 8.00. The second-order valence-corrected chi connectivity index (χ2v) is 5.72. The quantitative estimate of drug-likeness (QED) is 0.712. The third-order valence-corrected chi connectivity index (χ3v) is 3.83. The Bertz CT molecular complexity index is 701. The normalized spacial score (nSPS) is 10.4. The molecule has 0 spiro atoms. The molecule has 5 heteroatoms. The van der Waals surface area contributed by atoms with Crippen LogP contribution in [0.5, 0.6) is 11.5 Å². The first-order valence-corrected chi connectivity index (χ1v) is 8.74. The molecular weight excluding hydrogens is 316 g/mol. The molecule has 0 radical (unpaired) electrons. The lowest BCUT2D eigenvalue weighted by molar-refractivity contribution is -0.690. The molecule has 1 aromatic heterocycles. The maximum Gasteiger partial charge on any atom is 0.286 e. The number of hydrogen-bond donors (Lipinski definition) is 1. The molecule has 0 atom stereocenters. The fraction of sp³-hybridized carbons (Fsp3) is 0.400. The number of aromatic nitrogens is 1. The van der Waals surface area contributed by atoms with Crippen molar-refractivity contribution in [2.24, 2.45) is 0 Å². The molecule has 134 valence electrons. The molecule has 0 fully saturated rings. The Kier molecular flexibility index (Phi) is 7.26. The summed E-state index contributed by atoms with van der Waals surface area (Å²) in [7, 11) is 0. The van der Waals surface area contributed by atoms with Gasteiger partial charge in [-0.05, 0) is 38.0 Å². The number of rotatable bonds is 9. The maximum atomic E-state index is 12.1. The first-order valence-electron chi connectivity index (χ1n) is 8.74. The van der Waals surface area contributed by atoms with Crippen LogP contribution < -0.4 is 19.4 Å². The minimum atomic E-state index is 0.00951. The molecule has 0 saturated carbocycles. The predicted molar refractivity (Wildman–Crippen MR) is 96.9 cm³/mol. The van der Waals surface area contributed by atoms with Crippen molar-refractivity contribution in [3.8, 4) is 11.5 Å². The van der Waals surface area contributed by atoms with Gasteiger partial charge in [-0.2, -0.15) is 4.57 Å². The van der Waals surface area contributed by atoms with Crippen LogP contribution in [-0.4, -0.2) is 25.7 Å². The molecule has 0 aliphatic carbocycles. The van der Waals surface area contributed by atoms with E-state index in [4.69, 9.17) is 9.47 Å². The Morgan fingerprint density at radius 2 is 1.84 bits per heavy atom. The molecule has 0 aliphatic rings. The molecule has 1 N–H and O–H groups in total. The highest BCUT2D eigenvalue weighted by atomic mass is 16.5. The number of carbonyl (C=O) groups excluding carboxylic acids is 1. The van der Waals surface area contributed by atoms with Crippen LogP contribution in [0.4, 0.5) is 0 Å². The standard InChI is InChI=1S/C20H26N2O3/c1-4-24-18-10-9-17(14-19(18)25-5-2)11-12-21-20(23)15-22-13-7-6-8-16(22)3/h6-10,13-14H,4-5,11-12,15H2,1-3H3/p+1. The molecule has 1 amide bonds. The molecular formula is C20H27N2O3+. The zero-order valence-corrected chi connectivity index (χ0v) is 15.2. The Labute approximate surface area is 149 Å². The van der Waals surface area contributed by atoms with Crippen molar-refractivity contribution in [3.05, 3.63) is 53.9 Å². The molecule has 2 aromatic rings. The fourth-order valence-electron chi connectivity index (χ4n) is 2.55. The minimum Gasteiger partial charge on any atom is -0.490 e. The van der Waals surface area contributed by atoms with Crippen molar-refractivity contribution >= 4 is 5.91 Å². The second kappa shape index (κ2) is 9.67. The van der Waals surface area contributed by atoms with E-state index in [1.165, 1.54) is 0 Å². The smallest absolute Gasteiger partial charge is 0.286 e. The maximum absolute atomic E-state index is 12.1. The Hall–Kier alpha value is -2.56. The van der Waals surface area contributed by atoms with Gasteiger partial charge in [-0.25, -0.2) is 0 Å². The van der Waals surface area contributed by atoms with Crippen LogP contribution in [0.3, 0.4) is 0 Å². The molecule has 2 rings (SSSR count). The average molecular weight is 343 g/mol. The number of hydrogen-bond acceptors (Lipinski definition) is 3. The van der Waals surface area contributed by atoms with Gasteiger partial charge in [0, 0.05) is 25.6 Å². The Morgan fingerprint density at radius 3 is 2.56 bits per heavy atom. The van der Waals surface area contributed by atoms with Gasteiger partial charge in [0.1, 0.15) is 0 Å². The molecule has 0 saturated heterocycles. The monoisotopic (exact) mass is 343 g/mol. The van der Waals surface area contributed by atoms with Gasteiger partial charge >= 0.3 is 0 Å². The molecule has 1 heterocycles. The van der Waals surface area contributed by atoms with Gasteiger partial charge in [0.2, 0.25) is 6.54 Å². The van der Waals surface area contributed by atoms with E-state index >= 15 is 0 Å². The molecule has 0 bridgehead atoms. The van der Waals surface area contributed by atoms with Crippen LogP contribution in [0, 0.1) is 6.92 Å². The summed E-state index contributed by atoms with van der Waals surface area (Å²) >= 11 is 0. The fourth-order valence-corrected chi connectivity index (χ4v) is 2.55. The van der Waals surface area contributed by atoms with Crippen molar-refractivity contribution in [2.75, 3.05) is 19.8 Å². The van der Waals surface area contributed by atoms with Crippen LogP contribution in [0.2, 0.25) is 0 Å². The zero-order chi connectivity index (χ0) is 18.1. The number of nitrogens with zero attached hydrogens (tertiary/aromatic N) is 1. The SMILES string of the molecule is CCOc1ccc(CCNC(=O)C[n+]2ccccc2C)cc1OCC. The van der Waals surface area contributed by atoms with Gasteiger partial charge < -0.3 is 14.8 Å². The lowest BCUT2D eigenvalue weighted by Crippen LogP contribution is -2.45. The van der Waals surface area contributed by atoms with E-state index in [1.54, 1.807) is 0 Å². The van der Waals surface area contributed by atoms with Crippen LogP contribution in [-0.2, 0) is 17.8 Å². The van der Waals surface area contributed by atoms with E-state index < -0.39 is 0 Å². The molecule has 5 nitrogen and oxygen atoms in total. The third kappa shape index (κ3) is 5.78. The first-order chi connectivity index (χ1) is 12.1. The highest BCUT2D eigenvalue weighted by Gasteiger charge is 2.11. The van der Waals surface area contributed by atoms with Crippen molar-refractivity contribution in [1.29, 1.82) is 0 Å². The molecule has 0 unspecified atom stereocenters. The predicted octanol–water partition coefficient (Wildman–Crippen LogP) is 2.44. The van der Waals surface area contributed by atoms with Crippen molar-refractivity contribution < 1.29 is 18.8 Å². The van der Waals surface area contributed by atoms with Gasteiger partial charge in [0.05, 0.1) is 13.2 Å². The lowest BCUT2D eigenvalue weighted by Gasteiger charge is -2.12. The third-order valence-electron chi connectivity index (χ3n) is 3.83. The summed E-state index contributed by atoms with van der Waals surface area (Å²) < 4.78 is 13.1. The Morgan fingerprint density at radius 1 is 1.08 bits per heavy atom. The highest BCUT2D eigenvalue weighted by Crippen LogP contribution is 2.28. The summed E-state index contributed by atoms with van der Waals surface area (Å²) in [6, 6.07) is 11.8. The number of aryl methyl sites for hydroxylation is 1. The zero-order valence-electron chi connectivity index (χ0n) is 15.2. The van der Waals surface area contributed by atoms with Gasteiger partial charge in [-0.1, -0.05) is 12.1 Å². The van der Waals surface area contributed by atoms with Crippen LogP contribution in [0.1, 0.15) is 25.1 Å². The number of benzene rings is 1. The number of ether oxygens (including phenoxy) is 2. The van der Waals surface area contributed by atoms with E-state index in [0.29, 0.717) is 26.3 Å². The topological polar surface area (TPSA) is 51.4 Å². The van der Waals surface area contributed by atoms with Crippen molar-refractivity contribution in [2.45, 2.75) is 33.7 Å². The van der Waals surface area contributed by atoms with E-state index in [2.05, 4.69) is 5.32 Å². The summed E-state index contributed by atoms with van der Waals surface area (Å²) in [5.41, 5.74) is 2.17. The number of nitrogens with one attached hydrogen (secondary N) is 1. The second-order valence-electron chi connectivity index (χ2n) is 5.72. The first kappa shape index (κ1) is 18.8.